The van der Waals surface area contributed by atoms with Gasteiger partial charge in [0.2, 0.25) is 0 Å². The first-order chi connectivity index (χ1) is 11.0. The van der Waals surface area contributed by atoms with Gasteiger partial charge in [-0.3, -0.25) is 4.79 Å². The van der Waals surface area contributed by atoms with E-state index in [0.717, 1.165) is 24.0 Å². The van der Waals surface area contributed by atoms with Crippen LogP contribution in [-0.4, -0.2) is 54.3 Å². The molecule has 1 amide bonds. The fraction of sp³-hybridized carbons (Fsp3) is 0.500. The number of likely N-dealkylation sites (N-methyl/N-ethyl adjacent to an activating group) is 1. The third kappa shape index (κ3) is 2.99. The van der Waals surface area contributed by atoms with Gasteiger partial charge in [-0.1, -0.05) is 12.1 Å². The number of hydrogen-bond acceptors (Lipinski definition) is 3. The SMILES string of the molecule is CCOC1CN(C)CC1NC(=O)c1cc2c(C)cccc2n1C. The molecule has 1 aromatic carbocycles. The van der Waals surface area contributed by atoms with E-state index < -0.39 is 0 Å². The maximum Gasteiger partial charge on any atom is 0.268 e. The molecule has 1 fully saturated rings. The highest BCUT2D eigenvalue weighted by molar-refractivity contribution is 5.99. The number of aromatic nitrogens is 1. The molecule has 1 aromatic heterocycles. The fourth-order valence-electron chi connectivity index (χ4n) is 3.45. The van der Waals surface area contributed by atoms with Crippen molar-refractivity contribution in [2.45, 2.75) is 26.0 Å². The van der Waals surface area contributed by atoms with Crippen LogP contribution >= 0.6 is 0 Å². The number of carbonyl (C=O) groups is 1. The molecule has 124 valence electrons. The quantitative estimate of drug-likeness (QED) is 0.938. The van der Waals surface area contributed by atoms with Gasteiger partial charge in [0.1, 0.15) is 5.69 Å². The van der Waals surface area contributed by atoms with E-state index in [-0.39, 0.29) is 18.1 Å². The lowest BCUT2D eigenvalue weighted by molar-refractivity contribution is 0.0511. The molecule has 0 radical (unpaired) electrons. The van der Waals surface area contributed by atoms with Crippen LogP contribution in [0.4, 0.5) is 0 Å². The minimum atomic E-state index is -0.0342. The number of nitrogens with one attached hydrogen (secondary N) is 1. The summed E-state index contributed by atoms with van der Waals surface area (Å²) in [5, 5.41) is 4.28. The standard InChI is InChI=1S/C18H25N3O2/c1-5-23-17-11-20(3)10-14(17)19-18(22)16-9-13-12(2)7-6-8-15(13)21(16)4/h6-9,14,17H,5,10-11H2,1-4H3,(H,19,22). The molecule has 3 rings (SSSR count). The highest BCUT2D eigenvalue weighted by Gasteiger charge is 2.33. The van der Waals surface area contributed by atoms with E-state index in [1.54, 1.807) is 0 Å². The molecule has 2 atom stereocenters. The second-order valence-electron chi connectivity index (χ2n) is 6.39. The van der Waals surface area contributed by atoms with Gasteiger partial charge in [0.25, 0.3) is 5.91 Å². The van der Waals surface area contributed by atoms with Gasteiger partial charge in [-0.15, -0.1) is 0 Å². The van der Waals surface area contributed by atoms with E-state index in [9.17, 15) is 4.79 Å². The molecule has 1 saturated heterocycles. The molecular formula is C18H25N3O2. The Balaban J connectivity index is 1.83. The number of aryl methyl sites for hydroxylation is 2. The number of nitrogens with zero attached hydrogens (tertiary/aromatic N) is 2. The van der Waals surface area contributed by atoms with Crippen LogP contribution < -0.4 is 5.32 Å². The highest BCUT2D eigenvalue weighted by Crippen LogP contribution is 2.22. The summed E-state index contributed by atoms with van der Waals surface area (Å²) in [6.07, 6.45) is 0.0605. The molecule has 0 aliphatic carbocycles. The van der Waals surface area contributed by atoms with Gasteiger partial charge < -0.3 is 19.5 Å². The van der Waals surface area contributed by atoms with Crippen LogP contribution in [0, 0.1) is 6.92 Å². The fourth-order valence-corrected chi connectivity index (χ4v) is 3.45. The van der Waals surface area contributed by atoms with E-state index in [4.69, 9.17) is 4.74 Å². The summed E-state index contributed by atoms with van der Waals surface area (Å²) in [6.45, 7) is 6.40. The van der Waals surface area contributed by atoms with Gasteiger partial charge in [0, 0.05) is 37.6 Å². The average molecular weight is 315 g/mol. The minimum absolute atomic E-state index is 0.0339. The zero-order valence-electron chi connectivity index (χ0n) is 14.3. The first-order valence-electron chi connectivity index (χ1n) is 8.17. The number of benzene rings is 1. The Bertz CT molecular complexity index is 722. The summed E-state index contributed by atoms with van der Waals surface area (Å²) in [7, 11) is 4.00. The van der Waals surface area contributed by atoms with E-state index >= 15 is 0 Å². The molecule has 2 unspecified atom stereocenters. The number of ether oxygens (including phenoxy) is 1. The summed E-state index contributed by atoms with van der Waals surface area (Å²) in [5.41, 5.74) is 2.96. The third-order valence-electron chi connectivity index (χ3n) is 4.68. The van der Waals surface area contributed by atoms with E-state index in [2.05, 4.69) is 30.3 Å². The Morgan fingerprint density at radius 2 is 2.13 bits per heavy atom. The van der Waals surface area contributed by atoms with E-state index in [1.807, 2.05) is 36.7 Å². The Labute approximate surface area is 137 Å². The average Bonchev–Trinajstić information content (AvgIpc) is 3.02. The lowest BCUT2D eigenvalue weighted by Crippen LogP contribution is -2.44. The molecule has 2 heterocycles. The highest BCUT2D eigenvalue weighted by atomic mass is 16.5. The third-order valence-corrected chi connectivity index (χ3v) is 4.68. The van der Waals surface area contributed by atoms with Crippen molar-refractivity contribution in [2.75, 3.05) is 26.7 Å². The van der Waals surface area contributed by atoms with Crippen LogP contribution in [0.3, 0.4) is 0 Å². The first-order valence-corrected chi connectivity index (χ1v) is 8.17. The second-order valence-corrected chi connectivity index (χ2v) is 6.39. The number of hydrogen-bond donors (Lipinski definition) is 1. The molecule has 0 bridgehead atoms. The van der Waals surface area contributed by atoms with Crippen LogP contribution in [0.2, 0.25) is 0 Å². The topological polar surface area (TPSA) is 46.5 Å². The van der Waals surface area contributed by atoms with Crippen LogP contribution in [-0.2, 0) is 11.8 Å². The van der Waals surface area contributed by atoms with Crippen molar-refractivity contribution in [1.82, 2.24) is 14.8 Å². The largest absolute Gasteiger partial charge is 0.375 e. The van der Waals surface area contributed by atoms with Gasteiger partial charge in [0.15, 0.2) is 0 Å². The zero-order chi connectivity index (χ0) is 16.6. The monoisotopic (exact) mass is 315 g/mol. The van der Waals surface area contributed by atoms with Gasteiger partial charge in [-0.25, -0.2) is 0 Å². The molecule has 5 nitrogen and oxygen atoms in total. The van der Waals surface area contributed by atoms with Crippen molar-refractivity contribution in [3.05, 3.63) is 35.5 Å². The Hall–Kier alpha value is -1.85. The van der Waals surface area contributed by atoms with Gasteiger partial charge in [-0.05, 0) is 38.6 Å². The van der Waals surface area contributed by atoms with Crippen LogP contribution in [0.25, 0.3) is 10.9 Å². The van der Waals surface area contributed by atoms with Gasteiger partial charge in [-0.2, -0.15) is 0 Å². The van der Waals surface area contributed by atoms with Crippen molar-refractivity contribution in [3.63, 3.8) is 0 Å². The van der Waals surface area contributed by atoms with Crippen LogP contribution in [0.15, 0.2) is 24.3 Å². The van der Waals surface area contributed by atoms with E-state index in [0.29, 0.717) is 12.3 Å². The van der Waals surface area contributed by atoms with E-state index in [1.165, 1.54) is 5.56 Å². The zero-order valence-corrected chi connectivity index (χ0v) is 14.3. The number of carbonyl (C=O) groups excluding carboxylic acids is 1. The Morgan fingerprint density at radius 3 is 2.83 bits per heavy atom. The Kier molecular flexibility index (Phi) is 4.41. The summed E-state index contributed by atoms with van der Waals surface area (Å²) in [4.78, 5) is 14.9. The molecule has 0 saturated carbocycles. The van der Waals surface area contributed by atoms with Crippen molar-refractivity contribution in [2.24, 2.45) is 7.05 Å². The molecule has 1 aliphatic heterocycles. The molecular weight excluding hydrogens is 290 g/mol. The summed E-state index contributed by atoms with van der Waals surface area (Å²) in [5.74, 6) is -0.0342. The number of amides is 1. The molecule has 0 spiro atoms. The summed E-state index contributed by atoms with van der Waals surface area (Å²) in [6, 6.07) is 8.16. The van der Waals surface area contributed by atoms with Gasteiger partial charge in [0.05, 0.1) is 12.1 Å². The summed E-state index contributed by atoms with van der Waals surface area (Å²) < 4.78 is 7.73. The van der Waals surface area contributed by atoms with Crippen LogP contribution in [0.1, 0.15) is 23.0 Å². The predicted octanol–water partition coefficient (Wildman–Crippen LogP) is 1.94. The van der Waals surface area contributed by atoms with Gasteiger partial charge >= 0.3 is 0 Å². The maximum absolute atomic E-state index is 12.8. The minimum Gasteiger partial charge on any atom is -0.375 e. The molecule has 1 aliphatic rings. The van der Waals surface area contributed by atoms with Crippen molar-refractivity contribution in [3.8, 4) is 0 Å². The second kappa shape index (κ2) is 6.34. The van der Waals surface area contributed by atoms with Crippen molar-refractivity contribution >= 4 is 16.8 Å². The number of likely N-dealkylation sites (tertiary alicyclic amines) is 1. The normalized spacial score (nSPS) is 21.9. The molecule has 5 heteroatoms. The maximum atomic E-state index is 12.8. The lowest BCUT2D eigenvalue weighted by Gasteiger charge is -2.19. The first kappa shape index (κ1) is 16.0. The lowest BCUT2D eigenvalue weighted by atomic mass is 10.1. The predicted molar refractivity (Wildman–Crippen MR) is 91.8 cm³/mol. The Morgan fingerprint density at radius 1 is 1.35 bits per heavy atom. The molecule has 2 aromatic rings. The molecule has 1 N–H and O–H groups in total. The number of rotatable bonds is 4. The van der Waals surface area contributed by atoms with Crippen molar-refractivity contribution in [1.29, 1.82) is 0 Å². The summed E-state index contributed by atoms with van der Waals surface area (Å²) >= 11 is 0. The molecule has 23 heavy (non-hydrogen) atoms. The van der Waals surface area contributed by atoms with Crippen molar-refractivity contribution < 1.29 is 9.53 Å². The number of fused-ring (bicyclic) bond motifs is 1. The smallest absolute Gasteiger partial charge is 0.268 e. The van der Waals surface area contributed by atoms with Crippen LogP contribution in [0.5, 0.6) is 0 Å².